The van der Waals surface area contributed by atoms with E-state index >= 15 is 0 Å². The predicted octanol–water partition coefficient (Wildman–Crippen LogP) is -1.52. The van der Waals surface area contributed by atoms with E-state index in [1.54, 1.807) is 0 Å². The maximum Gasteiger partial charge on any atom is 1.00 e. The van der Waals surface area contributed by atoms with Gasteiger partial charge in [-0.15, -0.1) is 17.4 Å². The van der Waals surface area contributed by atoms with Gasteiger partial charge >= 0.3 is 29.6 Å². The molecule has 0 heterocycles. The Balaban J connectivity index is -0.0000000546. The maximum absolute atomic E-state index is 7.44. The Morgan fingerprint density at radius 3 is 2.08 bits per heavy atom. The minimum atomic E-state index is -0.218. The van der Waals surface area contributed by atoms with Crippen LogP contribution < -0.4 is 35.3 Å². The Hall–Kier alpha value is -0.680. The summed E-state index contributed by atoms with van der Waals surface area (Å²) < 4.78 is 0. The van der Waals surface area contributed by atoms with Crippen LogP contribution in [-0.2, 0) is 0 Å². The Morgan fingerprint density at radius 1 is 1.62 bits per heavy atom. The molecule has 0 saturated carbocycles. The van der Waals surface area contributed by atoms with Crippen molar-refractivity contribution in [2.45, 2.75) is 0 Å². The van der Waals surface area contributed by atoms with Crippen molar-refractivity contribution in [2.24, 2.45) is 10.8 Å². The van der Waals surface area contributed by atoms with Crippen molar-refractivity contribution in [1.29, 1.82) is 5.26 Å². The number of hydrogen-bond acceptors (Lipinski definition) is 2. The summed E-state index contributed by atoms with van der Waals surface area (Å²) in [5.74, 6) is 0. The molecule has 0 aliphatic rings. The minimum absolute atomic E-state index is 0. The number of nitriles is 1. The van der Waals surface area contributed by atoms with E-state index in [2.05, 4.69) is 20.4 Å². The van der Waals surface area contributed by atoms with Crippen molar-refractivity contribution in [1.82, 2.24) is 0 Å². The molecule has 2 N–H and O–H groups in total. The molecule has 0 unspecified atom stereocenters. The summed E-state index contributed by atoms with van der Waals surface area (Å²) in [5.41, 5.74) is 7.27. The normalized spacial score (nSPS) is 6.15. The average molecular weight is 229 g/mol. The fraction of sp³-hybridized carbons (Fsp3) is 0. The smallest absolute Gasteiger partial charge is 0.488 e. The van der Waals surface area contributed by atoms with E-state index in [4.69, 9.17) is 35.7 Å². The van der Waals surface area contributed by atoms with Crippen molar-refractivity contribution >= 4 is 29.3 Å². The molecule has 0 spiro atoms. The molecule has 9 heteroatoms. The Labute approximate surface area is 109 Å². The van der Waals surface area contributed by atoms with Gasteiger partial charge in [0.2, 0.25) is 0 Å². The standard InChI is InChI=1S/C2H2ClN3.C2N3.ClH.Na/c1-5-6-2(3)4;1-4-5-2-3;;/h(H2,4,6);;1H;/q;-1;;+1. The van der Waals surface area contributed by atoms with Gasteiger partial charge in [0, 0.05) is 0 Å². The average Bonchev–Trinajstić information content (AvgIpc) is 1.90. The molecule has 0 amide bonds. The van der Waals surface area contributed by atoms with Gasteiger partial charge in [-0.3, -0.25) is 0 Å². The third-order valence-electron chi connectivity index (χ3n) is 0.240. The van der Waals surface area contributed by atoms with Crippen LogP contribution in [0, 0.1) is 24.6 Å². The summed E-state index contributed by atoms with van der Waals surface area (Å²) in [5, 5.41) is 10.1. The van der Waals surface area contributed by atoms with E-state index in [0.717, 1.165) is 0 Å². The maximum atomic E-state index is 7.44. The third-order valence-corrected chi connectivity index (χ3v) is 0.316. The van der Waals surface area contributed by atoms with Crippen LogP contribution in [0.1, 0.15) is 0 Å². The molecule has 0 radical (unpaired) electrons. The van der Waals surface area contributed by atoms with Gasteiger partial charge in [-0.05, 0) is 17.8 Å². The number of rotatable bonds is 0. The first-order valence-electron chi connectivity index (χ1n) is 2.00. The van der Waals surface area contributed by atoms with Gasteiger partial charge in [0.25, 0.3) is 5.29 Å². The summed E-state index contributed by atoms with van der Waals surface area (Å²) in [7, 11) is 0. The molecule has 0 fully saturated rings. The Kier molecular flexibility index (Phi) is 39.5. The molecule has 64 valence electrons. The molecule has 13 heavy (non-hydrogen) atoms. The van der Waals surface area contributed by atoms with Crippen LogP contribution in [0.25, 0.3) is 15.3 Å². The van der Waals surface area contributed by atoms with E-state index < -0.39 is 0 Å². The number of halogens is 2. The molecule has 0 bridgehead atoms. The zero-order valence-corrected chi connectivity index (χ0v) is 10.2. The first-order chi connectivity index (χ1) is 5.18. The molecule has 0 aromatic carbocycles. The van der Waals surface area contributed by atoms with E-state index in [-0.39, 0.29) is 47.3 Å². The number of hydrogen-bond donors (Lipinski definition) is 1. The number of amidine groups is 1. The molecule has 0 rings (SSSR count). The van der Waals surface area contributed by atoms with Crippen molar-refractivity contribution < 1.29 is 29.6 Å². The topological polar surface area (TPSA) is 85.0 Å². The van der Waals surface area contributed by atoms with Gasteiger partial charge in [-0.1, -0.05) is 5.43 Å². The molecule has 0 aliphatic heterocycles. The van der Waals surface area contributed by atoms with Gasteiger partial charge in [-0.2, -0.15) is 6.57 Å². The van der Waals surface area contributed by atoms with E-state index in [0.29, 0.717) is 0 Å². The fourth-order valence-electron chi connectivity index (χ4n) is 0.0701. The van der Waals surface area contributed by atoms with Gasteiger partial charge in [0.05, 0.1) is 0 Å². The van der Waals surface area contributed by atoms with Crippen LogP contribution >= 0.6 is 24.0 Å². The van der Waals surface area contributed by atoms with Crippen molar-refractivity contribution in [3.63, 3.8) is 0 Å². The van der Waals surface area contributed by atoms with Crippen LogP contribution in [0.4, 0.5) is 0 Å². The quantitative estimate of drug-likeness (QED) is 0.104. The van der Waals surface area contributed by atoms with Crippen LogP contribution in [0.2, 0.25) is 0 Å². The summed E-state index contributed by atoms with van der Waals surface area (Å²) in [6.45, 7) is 11.8. The van der Waals surface area contributed by atoms with Crippen LogP contribution in [0.5, 0.6) is 0 Å². The largest absolute Gasteiger partial charge is 1.00 e. The minimum Gasteiger partial charge on any atom is -0.488 e. The Morgan fingerprint density at radius 2 is 2.08 bits per heavy atom. The van der Waals surface area contributed by atoms with Crippen LogP contribution in [-0.4, -0.2) is 5.29 Å². The first kappa shape index (κ1) is 22.8. The second-order valence-corrected chi connectivity index (χ2v) is 1.21. The summed E-state index contributed by atoms with van der Waals surface area (Å²) in [4.78, 5) is 4.88. The van der Waals surface area contributed by atoms with E-state index in [1.165, 1.54) is 6.19 Å². The van der Waals surface area contributed by atoms with Gasteiger partial charge in [0.15, 0.2) is 0 Å². The summed E-state index contributed by atoms with van der Waals surface area (Å²) in [6.07, 6.45) is 1.29. The molecular weight excluding hydrogens is 226 g/mol. The van der Waals surface area contributed by atoms with Crippen molar-refractivity contribution in [2.75, 3.05) is 0 Å². The fourth-order valence-corrected chi connectivity index (χ4v) is 0.108. The van der Waals surface area contributed by atoms with E-state index in [1.807, 2.05) is 0 Å². The summed E-state index contributed by atoms with van der Waals surface area (Å²) >= 11 is 4.89. The number of nitrogens with zero attached hydrogens (tertiary/aromatic N) is 5. The van der Waals surface area contributed by atoms with Gasteiger partial charge < -0.3 is 11.0 Å². The van der Waals surface area contributed by atoms with E-state index in [9.17, 15) is 0 Å². The molecule has 6 nitrogen and oxygen atoms in total. The number of nitrogens with two attached hydrogens (primary N) is 1. The summed E-state index contributed by atoms with van der Waals surface area (Å²) in [6, 6.07) is 0. The Bertz CT molecular complexity index is 229. The second-order valence-electron chi connectivity index (χ2n) is 0.823. The van der Waals surface area contributed by atoms with Crippen LogP contribution in [0.3, 0.4) is 0 Å². The molecule has 0 aromatic heterocycles. The molecular formula is C4H3Cl2N6Na. The molecule has 0 saturated heterocycles. The third kappa shape index (κ3) is 52.7. The second kappa shape index (κ2) is 22.5. The molecule has 0 atom stereocenters. The van der Waals surface area contributed by atoms with Gasteiger partial charge in [-0.25, -0.2) is 11.5 Å². The van der Waals surface area contributed by atoms with Crippen LogP contribution in [0.15, 0.2) is 5.10 Å². The monoisotopic (exact) mass is 228 g/mol. The predicted molar refractivity (Wildman–Crippen MR) is 46.9 cm³/mol. The zero-order valence-electron chi connectivity index (χ0n) is 6.60. The zero-order chi connectivity index (χ0) is 9.11. The molecule has 0 aromatic rings. The first-order valence-corrected chi connectivity index (χ1v) is 2.37. The van der Waals surface area contributed by atoms with Crippen molar-refractivity contribution in [3.8, 4) is 6.19 Å². The molecule has 0 aliphatic carbocycles. The van der Waals surface area contributed by atoms with Gasteiger partial charge in [0.1, 0.15) is 5.10 Å². The van der Waals surface area contributed by atoms with Crippen molar-refractivity contribution in [3.05, 3.63) is 28.5 Å². The SMILES string of the molecule is Cl.[C-]#[N+]N=C(N)Cl.[C-]#[N+][N-]C#N.[Na+].